The Bertz CT molecular complexity index is 1270. The first-order chi connectivity index (χ1) is 16.0. The smallest absolute Gasteiger partial charge is 0.335 e. The lowest BCUT2D eigenvalue weighted by molar-refractivity contribution is 0.0145. The molecule has 3 heterocycles. The number of hydrogen-bond donors (Lipinski definition) is 2. The number of hydrogen-bond acceptors (Lipinski definition) is 9. The Balaban J connectivity index is 1.58. The first-order valence-corrected chi connectivity index (χ1v) is 12.0. The van der Waals surface area contributed by atoms with Crippen LogP contribution in [0.5, 0.6) is 0 Å². The number of rotatable bonds is 6. The highest BCUT2D eigenvalue weighted by molar-refractivity contribution is 7.98. The molecule has 0 amide bonds. The third-order valence-electron chi connectivity index (χ3n) is 5.24. The molecule has 4 rings (SSSR count). The molecule has 0 unspecified atom stereocenters. The molecular formula is C23H19N5O3S2. The van der Waals surface area contributed by atoms with Gasteiger partial charge in [-0.1, -0.05) is 23.9 Å². The van der Waals surface area contributed by atoms with Crippen LogP contribution in [0.2, 0.25) is 0 Å². The maximum absolute atomic E-state index is 11.0. The van der Waals surface area contributed by atoms with E-state index in [4.69, 9.17) is 15.6 Å². The van der Waals surface area contributed by atoms with Crippen LogP contribution in [0.15, 0.2) is 34.7 Å². The number of nitrogens with two attached hydrogens (primary N) is 1. The van der Waals surface area contributed by atoms with Crippen LogP contribution in [-0.2, 0) is 10.5 Å². The molecule has 8 nitrogen and oxygen atoms in total. The van der Waals surface area contributed by atoms with Crippen LogP contribution in [0.4, 0.5) is 5.82 Å². The van der Waals surface area contributed by atoms with E-state index in [1.54, 1.807) is 24.3 Å². The lowest BCUT2D eigenvalue weighted by Crippen LogP contribution is -2.16. The number of pyridine rings is 1. The standard InChI is InChI=1S/C23H19N5O3S2/c24-9-16-19(18-3-1-2-8-31-18)17(10-25)22(28-20(16)26)33-12-15-11-32-21(27-15)13-4-6-14(7-5-13)23(29)30/h4-7,11,18H,1-3,8,12H2,(H2,26,28)(H,29,30)/t18-/m0/s1. The summed E-state index contributed by atoms with van der Waals surface area (Å²) in [6, 6.07) is 10.9. The van der Waals surface area contributed by atoms with Crippen molar-refractivity contribution in [1.29, 1.82) is 10.5 Å². The number of nitriles is 2. The highest BCUT2D eigenvalue weighted by atomic mass is 32.2. The van der Waals surface area contributed by atoms with E-state index in [-0.39, 0.29) is 23.0 Å². The fourth-order valence-corrected chi connectivity index (χ4v) is 5.45. The first-order valence-electron chi connectivity index (χ1n) is 10.2. The van der Waals surface area contributed by atoms with E-state index in [1.807, 2.05) is 5.38 Å². The second-order valence-corrected chi connectivity index (χ2v) is 9.18. The van der Waals surface area contributed by atoms with Gasteiger partial charge in [0.1, 0.15) is 33.6 Å². The zero-order chi connectivity index (χ0) is 23.4. The minimum absolute atomic E-state index is 0.0978. The van der Waals surface area contributed by atoms with E-state index in [9.17, 15) is 15.3 Å². The molecule has 1 aromatic carbocycles. The second-order valence-electron chi connectivity index (χ2n) is 7.36. The van der Waals surface area contributed by atoms with Crippen LogP contribution in [-0.4, -0.2) is 27.7 Å². The summed E-state index contributed by atoms with van der Waals surface area (Å²) in [5.74, 6) is -0.416. The number of ether oxygens (including phenoxy) is 1. The molecule has 1 aliphatic heterocycles. The molecule has 10 heteroatoms. The van der Waals surface area contributed by atoms with Gasteiger partial charge in [-0.15, -0.1) is 11.3 Å². The van der Waals surface area contributed by atoms with Crippen molar-refractivity contribution in [2.75, 3.05) is 12.3 Å². The number of aromatic carboxylic acids is 1. The zero-order valence-corrected chi connectivity index (χ0v) is 19.1. The van der Waals surface area contributed by atoms with Crippen LogP contribution in [0.3, 0.4) is 0 Å². The van der Waals surface area contributed by atoms with E-state index in [0.29, 0.717) is 28.5 Å². The number of aromatic nitrogens is 2. The summed E-state index contributed by atoms with van der Waals surface area (Å²) >= 11 is 2.79. The van der Waals surface area contributed by atoms with Gasteiger partial charge in [-0.2, -0.15) is 10.5 Å². The summed E-state index contributed by atoms with van der Waals surface area (Å²) in [7, 11) is 0. The summed E-state index contributed by atoms with van der Waals surface area (Å²) < 4.78 is 5.86. The SMILES string of the molecule is N#Cc1c(N)nc(SCc2csc(-c3ccc(C(=O)O)cc3)n2)c(C#N)c1[C@@H]1CCCCO1. The Morgan fingerprint density at radius 1 is 1.21 bits per heavy atom. The Morgan fingerprint density at radius 3 is 2.61 bits per heavy atom. The lowest BCUT2D eigenvalue weighted by atomic mass is 9.94. The van der Waals surface area contributed by atoms with Crippen molar-refractivity contribution in [1.82, 2.24) is 9.97 Å². The van der Waals surface area contributed by atoms with Gasteiger partial charge in [0.05, 0.1) is 22.9 Å². The third kappa shape index (κ3) is 4.83. The summed E-state index contributed by atoms with van der Waals surface area (Å²) in [4.78, 5) is 20.0. The second kappa shape index (κ2) is 10.0. The van der Waals surface area contributed by atoms with Gasteiger partial charge in [-0.05, 0) is 31.4 Å². The maximum Gasteiger partial charge on any atom is 0.335 e. The molecule has 166 valence electrons. The van der Waals surface area contributed by atoms with Crippen molar-refractivity contribution in [3.8, 4) is 22.7 Å². The highest BCUT2D eigenvalue weighted by Crippen LogP contribution is 2.38. The molecule has 0 radical (unpaired) electrons. The van der Waals surface area contributed by atoms with Gasteiger partial charge in [0.2, 0.25) is 0 Å². The quantitative estimate of drug-likeness (QED) is 0.479. The number of carboxylic acid groups (broad SMARTS) is 1. The van der Waals surface area contributed by atoms with E-state index in [1.165, 1.54) is 23.1 Å². The number of carboxylic acids is 1. The highest BCUT2D eigenvalue weighted by Gasteiger charge is 2.27. The van der Waals surface area contributed by atoms with Crippen LogP contribution in [0.1, 0.15) is 58.1 Å². The Morgan fingerprint density at radius 2 is 1.97 bits per heavy atom. The van der Waals surface area contributed by atoms with E-state index in [2.05, 4.69) is 22.1 Å². The molecule has 0 spiro atoms. The molecule has 0 saturated carbocycles. The van der Waals surface area contributed by atoms with E-state index < -0.39 is 5.97 Å². The van der Waals surface area contributed by atoms with Gasteiger partial charge in [-0.25, -0.2) is 14.8 Å². The Hall–Kier alpha value is -3.44. The van der Waals surface area contributed by atoms with Crippen LogP contribution >= 0.6 is 23.1 Å². The van der Waals surface area contributed by atoms with Gasteiger partial charge >= 0.3 is 5.97 Å². The third-order valence-corrected chi connectivity index (χ3v) is 7.19. The molecule has 2 aromatic heterocycles. The van der Waals surface area contributed by atoms with Crippen LogP contribution in [0, 0.1) is 22.7 Å². The number of thioether (sulfide) groups is 1. The van der Waals surface area contributed by atoms with E-state index >= 15 is 0 Å². The molecule has 1 fully saturated rings. The summed E-state index contributed by atoms with van der Waals surface area (Å²) in [6.07, 6.45) is 2.30. The molecule has 33 heavy (non-hydrogen) atoms. The zero-order valence-electron chi connectivity index (χ0n) is 17.4. The number of carbonyl (C=O) groups is 1. The topological polar surface area (TPSA) is 146 Å². The summed E-state index contributed by atoms with van der Waals surface area (Å²) in [5, 5.41) is 31.7. The van der Waals surface area contributed by atoms with E-state index in [0.717, 1.165) is 35.5 Å². The average molecular weight is 478 g/mol. The van der Waals surface area contributed by atoms with Gasteiger partial charge in [0.25, 0.3) is 0 Å². The van der Waals surface area contributed by atoms with Crippen molar-refractivity contribution >= 4 is 34.9 Å². The Kier molecular flexibility index (Phi) is 6.90. The molecule has 3 N–H and O–H groups in total. The number of nitrogens with zero attached hydrogens (tertiary/aromatic N) is 4. The fraction of sp³-hybridized carbons (Fsp3) is 0.261. The average Bonchev–Trinajstić information content (AvgIpc) is 3.32. The van der Waals surface area contributed by atoms with Crippen molar-refractivity contribution < 1.29 is 14.6 Å². The van der Waals surface area contributed by atoms with Crippen LogP contribution < -0.4 is 5.73 Å². The number of nitrogen functional groups attached to an aromatic ring is 1. The molecule has 1 aliphatic rings. The van der Waals surface area contributed by atoms with Crippen LogP contribution in [0.25, 0.3) is 10.6 Å². The van der Waals surface area contributed by atoms with Crippen molar-refractivity contribution in [3.05, 3.63) is 57.6 Å². The minimum atomic E-state index is -0.974. The molecule has 0 aliphatic carbocycles. The first kappa shape index (κ1) is 22.7. The fourth-order valence-electron chi connectivity index (χ4n) is 3.62. The monoisotopic (exact) mass is 477 g/mol. The van der Waals surface area contributed by atoms with Gasteiger partial charge in [0.15, 0.2) is 0 Å². The molecule has 1 atom stereocenters. The number of thiazole rings is 1. The minimum Gasteiger partial charge on any atom is -0.478 e. The normalized spacial score (nSPS) is 15.5. The van der Waals surface area contributed by atoms with Crippen molar-refractivity contribution in [3.63, 3.8) is 0 Å². The predicted octanol–water partition coefficient (Wildman–Crippen LogP) is 4.76. The predicted molar refractivity (Wildman–Crippen MR) is 125 cm³/mol. The maximum atomic E-state index is 11.0. The molecular weight excluding hydrogens is 458 g/mol. The summed E-state index contributed by atoms with van der Waals surface area (Å²) in [5.41, 5.74) is 9.00. The Labute approximate surface area is 198 Å². The van der Waals surface area contributed by atoms with Gasteiger partial charge in [0, 0.05) is 28.9 Å². The number of benzene rings is 1. The summed E-state index contributed by atoms with van der Waals surface area (Å²) in [6.45, 7) is 0.583. The lowest BCUT2D eigenvalue weighted by Gasteiger charge is -2.25. The molecule has 1 saturated heterocycles. The van der Waals surface area contributed by atoms with Crippen molar-refractivity contribution in [2.24, 2.45) is 0 Å². The van der Waals surface area contributed by atoms with Gasteiger partial charge < -0.3 is 15.6 Å². The molecule has 3 aromatic rings. The number of anilines is 1. The largest absolute Gasteiger partial charge is 0.478 e. The molecule has 0 bridgehead atoms. The van der Waals surface area contributed by atoms with Crippen molar-refractivity contribution in [2.45, 2.75) is 36.1 Å². The van der Waals surface area contributed by atoms with Gasteiger partial charge in [-0.3, -0.25) is 0 Å².